The van der Waals surface area contributed by atoms with E-state index in [1.165, 1.54) is 12.3 Å². The van der Waals surface area contributed by atoms with Crippen LogP contribution in [0, 0.1) is 11.6 Å². The summed E-state index contributed by atoms with van der Waals surface area (Å²) in [5.74, 6) is -2.00. The molecule has 0 saturated carbocycles. The van der Waals surface area contributed by atoms with Crippen LogP contribution < -0.4 is 10.9 Å². The van der Waals surface area contributed by atoms with E-state index in [-0.39, 0.29) is 22.5 Å². The number of nitrogens with one attached hydrogen (secondary N) is 1. The second kappa shape index (κ2) is 7.67. The van der Waals surface area contributed by atoms with Gasteiger partial charge >= 0.3 is 0 Å². The van der Waals surface area contributed by atoms with E-state index in [4.69, 9.17) is 0 Å². The number of aromatic nitrogens is 1. The van der Waals surface area contributed by atoms with Crippen molar-refractivity contribution < 1.29 is 13.6 Å². The fraction of sp³-hybridized carbons (Fsp3) is 0.200. The number of benzene rings is 2. The van der Waals surface area contributed by atoms with Gasteiger partial charge in [-0.3, -0.25) is 14.2 Å². The van der Waals surface area contributed by atoms with Crippen molar-refractivity contribution in [1.29, 1.82) is 0 Å². The van der Waals surface area contributed by atoms with Crippen molar-refractivity contribution in [2.75, 3.05) is 27.2 Å². The van der Waals surface area contributed by atoms with Gasteiger partial charge in [-0.25, -0.2) is 8.78 Å². The van der Waals surface area contributed by atoms with E-state index in [2.05, 4.69) is 5.32 Å². The van der Waals surface area contributed by atoms with Crippen LogP contribution in [0.15, 0.2) is 53.5 Å². The highest BCUT2D eigenvalue weighted by molar-refractivity contribution is 6.06. The van der Waals surface area contributed by atoms with Gasteiger partial charge in [0.1, 0.15) is 11.6 Å². The first kappa shape index (κ1) is 18.7. The number of hydrogen-bond donors (Lipinski definition) is 1. The van der Waals surface area contributed by atoms with Crippen LogP contribution in [-0.2, 0) is 0 Å². The molecule has 1 aromatic heterocycles. The summed E-state index contributed by atoms with van der Waals surface area (Å²) in [5.41, 5.74) is -0.358. The van der Waals surface area contributed by atoms with E-state index < -0.39 is 17.2 Å². The van der Waals surface area contributed by atoms with Gasteiger partial charge < -0.3 is 10.2 Å². The van der Waals surface area contributed by atoms with Crippen LogP contribution in [0.5, 0.6) is 0 Å². The molecule has 1 heterocycles. The molecule has 0 radical (unpaired) electrons. The second-order valence-corrected chi connectivity index (χ2v) is 6.42. The number of nitrogens with zero attached hydrogens (tertiary/aromatic N) is 2. The van der Waals surface area contributed by atoms with E-state index in [9.17, 15) is 18.4 Å². The van der Waals surface area contributed by atoms with Crippen LogP contribution in [0.4, 0.5) is 8.78 Å². The normalized spacial score (nSPS) is 11.1. The van der Waals surface area contributed by atoms with E-state index >= 15 is 0 Å². The molecule has 27 heavy (non-hydrogen) atoms. The van der Waals surface area contributed by atoms with Crippen molar-refractivity contribution in [2.24, 2.45) is 0 Å². The Hall–Kier alpha value is -3.06. The maximum Gasteiger partial charge on any atom is 0.263 e. The molecule has 0 aliphatic rings. The lowest BCUT2D eigenvalue weighted by Crippen LogP contribution is -2.32. The zero-order chi connectivity index (χ0) is 19.6. The highest BCUT2D eigenvalue weighted by Crippen LogP contribution is 2.19. The minimum absolute atomic E-state index is 0.116. The third kappa shape index (κ3) is 3.88. The first-order valence-electron chi connectivity index (χ1n) is 8.41. The molecule has 1 amide bonds. The standard InChI is InChI=1S/C20H19F2N3O2/c1-24(2)10-9-23-19(26)16-12-25(18-8-7-13(21)11-17(18)22)20(27)15-6-4-3-5-14(15)16/h3-8,11-12H,9-10H2,1-2H3,(H,23,26). The Labute approximate surface area is 154 Å². The number of fused-ring (bicyclic) bond motifs is 1. The molecule has 0 aliphatic heterocycles. The molecule has 0 atom stereocenters. The summed E-state index contributed by atoms with van der Waals surface area (Å²) in [5, 5.41) is 3.55. The smallest absolute Gasteiger partial charge is 0.263 e. The zero-order valence-electron chi connectivity index (χ0n) is 15.0. The van der Waals surface area contributed by atoms with Crippen molar-refractivity contribution >= 4 is 16.7 Å². The maximum absolute atomic E-state index is 14.2. The van der Waals surface area contributed by atoms with Gasteiger partial charge in [0, 0.05) is 36.1 Å². The number of rotatable bonds is 5. The molecule has 140 valence electrons. The lowest BCUT2D eigenvalue weighted by molar-refractivity contribution is 0.0952. The van der Waals surface area contributed by atoms with Gasteiger partial charge in [-0.15, -0.1) is 0 Å². The third-order valence-electron chi connectivity index (χ3n) is 4.18. The predicted molar refractivity (Wildman–Crippen MR) is 100 cm³/mol. The molecule has 3 rings (SSSR count). The van der Waals surface area contributed by atoms with Crippen molar-refractivity contribution in [3.8, 4) is 5.69 Å². The largest absolute Gasteiger partial charge is 0.351 e. The molecule has 0 fully saturated rings. The van der Waals surface area contributed by atoms with Crippen LogP contribution in [0.2, 0.25) is 0 Å². The minimum atomic E-state index is -0.883. The molecule has 0 aliphatic carbocycles. The first-order chi connectivity index (χ1) is 12.9. The first-order valence-corrected chi connectivity index (χ1v) is 8.41. The molecule has 1 N–H and O–H groups in total. The molecular weight excluding hydrogens is 352 g/mol. The molecule has 0 bridgehead atoms. The maximum atomic E-state index is 14.2. The zero-order valence-corrected chi connectivity index (χ0v) is 15.0. The molecule has 7 heteroatoms. The molecule has 0 saturated heterocycles. The Morgan fingerprint density at radius 2 is 1.81 bits per heavy atom. The highest BCUT2D eigenvalue weighted by Gasteiger charge is 2.17. The summed E-state index contributed by atoms with van der Waals surface area (Å²) < 4.78 is 28.5. The Morgan fingerprint density at radius 3 is 2.48 bits per heavy atom. The van der Waals surface area contributed by atoms with Gasteiger partial charge in [0.05, 0.1) is 11.3 Å². The second-order valence-electron chi connectivity index (χ2n) is 6.42. The van der Waals surface area contributed by atoms with Gasteiger partial charge in [-0.05, 0) is 32.3 Å². The predicted octanol–water partition coefficient (Wildman–Crippen LogP) is 2.56. The van der Waals surface area contributed by atoms with Crippen molar-refractivity contribution in [3.63, 3.8) is 0 Å². The minimum Gasteiger partial charge on any atom is -0.351 e. The summed E-state index contributed by atoms with van der Waals surface area (Å²) in [4.78, 5) is 27.4. The number of likely N-dealkylation sites (N-methyl/N-ethyl adjacent to an activating group) is 1. The molecule has 0 spiro atoms. The van der Waals surface area contributed by atoms with E-state index in [0.29, 0.717) is 24.5 Å². The molecule has 5 nitrogen and oxygen atoms in total. The molecular formula is C20H19F2N3O2. The Bertz CT molecular complexity index is 1060. The van der Waals surface area contributed by atoms with Gasteiger partial charge in [0.25, 0.3) is 11.5 Å². The highest BCUT2D eigenvalue weighted by atomic mass is 19.1. The van der Waals surface area contributed by atoms with Crippen molar-refractivity contribution in [2.45, 2.75) is 0 Å². The van der Waals surface area contributed by atoms with Crippen LogP contribution >= 0.6 is 0 Å². The van der Waals surface area contributed by atoms with Crippen LogP contribution in [0.3, 0.4) is 0 Å². The van der Waals surface area contributed by atoms with Gasteiger partial charge in [-0.2, -0.15) is 0 Å². The number of carbonyl (C=O) groups is 1. The topological polar surface area (TPSA) is 54.3 Å². The average molecular weight is 371 g/mol. The summed E-state index contributed by atoms with van der Waals surface area (Å²) in [6.07, 6.45) is 1.30. The Morgan fingerprint density at radius 1 is 1.11 bits per heavy atom. The van der Waals surface area contributed by atoms with E-state index in [1.807, 2.05) is 19.0 Å². The third-order valence-corrected chi connectivity index (χ3v) is 4.18. The average Bonchev–Trinajstić information content (AvgIpc) is 2.62. The summed E-state index contributed by atoms with van der Waals surface area (Å²) in [6.45, 7) is 1.07. The fourth-order valence-corrected chi connectivity index (χ4v) is 2.82. The van der Waals surface area contributed by atoms with Gasteiger partial charge in [0.2, 0.25) is 0 Å². The van der Waals surface area contributed by atoms with Crippen LogP contribution in [0.1, 0.15) is 10.4 Å². The van der Waals surface area contributed by atoms with Crippen molar-refractivity contribution in [1.82, 2.24) is 14.8 Å². The van der Waals surface area contributed by atoms with Gasteiger partial charge in [0.15, 0.2) is 0 Å². The summed E-state index contributed by atoms with van der Waals surface area (Å²) in [7, 11) is 3.78. The Kier molecular flexibility index (Phi) is 5.32. The SMILES string of the molecule is CN(C)CCNC(=O)c1cn(-c2ccc(F)cc2F)c(=O)c2ccccc12. The lowest BCUT2D eigenvalue weighted by Gasteiger charge is -2.14. The van der Waals surface area contributed by atoms with Crippen LogP contribution in [-0.4, -0.2) is 42.6 Å². The monoisotopic (exact) mass is 371 g/mol. The van der Waals surface area contributed by atoms with E-state index in [0.717, 1.165) is 10.6 Å². The van der Waals surface area contributed by atoms with Crippen molar-refractivity contribution in [3.05, 3.63) is 76.2 Å². The molecule has 3 aromatic rings. The number of carbonyl (C=O) groups excluding carboxylic acids is 1. The number of amides is 1. The number of hydrogen-bond acceptors (Lipinski definition) is 3. The summed E-state index contributed by atoms with van der Waals surface area (Å²) in [6, 6.07) is 9.58. The molecule has 0 unspecified atom stereocenters. The number of halogens is 2. The molecule has 2 aromatic carbocycles. The summed E-state index contributed by atoms with van der Waals surface area (Å²) >= 11 is 0. The quantitative estimate of drug-likeness (QED) is 0.750. The van der Waals surface area contributed by atoms with E-state index in [1.54, 1.807) is 24.3 Å². The lowest BCUT2D eigenvalue weighted by atomic mass is 10.1. The fourth-order valence-electron chi connectivity index (χ4n) is 2.82. The number of pyridine rings is 1. The van der Waals surface area contributed by atoms with Crippen LogP contribution in [0.25, 0.3) is 16.5 Å². The van der Waals surface area contributed by atoms with Gasteiger partial charge in [-0.1, -0.05) is 18.2 Å². The Balaban J connectivity index is 2.14.